The summed E-state index contributed by atoms with van der Waals surface area (Å²) in [6.45, 7) is 2.07. The van der Waals surface area contributed by atoms with Crippen LogP contribution < -0.4 is 4.74 Å². The maximum Gasteiger partial charge on any atom is 0.164 e. The van der Waals surface area contributed by atoms with E-state index in [0.717, 1.165) is 31.0 Å². The lowest BCUT2D eigenvalue weighted by Gasteiger charge is -2.13. The molecule has 1 aromatic carbocycles. The maximum atomic E-state index is 13.7. The van der Waals surface area contributed by atoms with E-state index >= 15 is 0 Å². The van der Waals surface area contributed by atoms with Crippen molar-refractivity contribution < 1.29 is 13.9 Å². The second kappa shape index (κ2) is 6.70. The molecule has 1 aliphatic rings. The van der Waals surface area contributed by atoms with Crippen molar-refractivity contribution >= 4 is 11.3 Å². The first-order chi connectivity index (χ1) is 11.8. The minimum absolute atomic E-state index is 0.303. The standard InChI is InChI=1S/C17H16FN3O2S/c18-14-1-2-16(23-9-12-3-4-22-8-12)15(5-14)13-6-20-21(7-13)17-10-24-11-19-17/h1-2,5-7,10-12H,3-4,8-9H2. The summed E-state index contributed by atoms with van der Waals surface area (Å²) in [4.78, 5) is 4.22. The van der Waals surface area contributed by atoms with Gasteiger partial charge in [-0.3, -0.25) is 0 Å². The maximum absolute atomic E-state index is 13.7. The number of aromatic nitrogens is 3. The first-order valence-corrected chi connectivity index (χ1v) is 8.67. The van der Waals surface area contributed by atoms with E-state index < -0.39 is 0 Å². The van der Waals surface area contributed by atoms with Crippen molar-refractivity contribution in [3.8, 4) is 22.7 Å². The van der Waals surface area contributed by atoms with Gasteiger partial charge in [-0.15, -0.1) is 11.3 Å². The average Bonchev–Trinajstić information content (AvgIpc) is 3.33. The summed E-state index contributed by atoms with van der Waals surface area (Å²) in [5, 5.41) is 6.21. The number of thiazole rings is 1. The van der Waals surface area contributed by atoms with Gasteiger partial charge in [-0.1, -0.05) is 0 Å². The zero-order valence-corrected chi connectivity index (χ0v) is 13.7. The molecule has 0 bridgehead atoms. The minimum Gasteiger partial charge on any atom is -0.493 e. The summed E-state index contributed by atoms with van der Waals surface area (Å²) in [6.07, 6.45) is 4.52. The molecule has 0 amide bonds. The van der Waals surface area contributed by atoms with Gasteiger partial charge in [-0.25, -0.2) is 14.1 Å². The van der Waals surface area contributed by atoms with Gasteiger partial charge in [0.15, 0.2) is 5.82 Å². The Morgan fingerprint density at radius 2 is 2.38 bits per heavy atom. The lowest BCUT2D eigenvalue weighted by atomic mass is 10.1. The molecular formula is C17H16FN3O2S. The predicted molar refractivity (Wildman–Crippen MR) is 89.1 cm³/mol. The van der Waals surface area contributed by atoms with Gasteiger partial charge in [0.05, 0.1) is 24.9 Å². The Kier molecular flexibility index (Phi) is 4.27. The fraction of sp³-hybridized carbons (Fsp3) is 0.294. The quantitative estimate of drug-likeness (QED) is 0.710. The summed E-state index contributed by atoms with van der Waals surface area (Å²) >= 11 is 1.50. The van der Waals surface area contributed by atoms with Crippen molar-refractivity contribution in [2.45, 2.75) is 6.42 Å². The van der Waals surface area contributed by atoms with E-state index in [1.165, 1.54) is 23.5 Å². The summed E-state index contributed by atoms with van der Waals surface area (Å²) in [5.74, 6) is 1.48. The molecule has 3 aromatic rings. The van der Waals surface area contributed by atoms with Crippen molar-refractivity contribution in [3.05, 3.63) is 47.3 Å². The molecule has 0 saturated carbocycles. The molecule has 0 radical (unpaired) electrons. The van der Waals surface area contributed by atoms with E-state index in [1.807, 2.05) is 11.6 Å². The van der Waals surface area contributed by atoms with Crippen LogP contribution in [0.25, 0.3) is 16.9 Å². The number of halogens is 1. The van der Waals surface area contributed by atoms with Crippen LogP contribution >= 0.6 is 11.3 Å². The third kappa shape index (κ3) is 3.18. The van der Waals surface area contributed by atoms with Crippen LogP contribution in [-0.4, -0.2) is 34.6 Å². The first kappa shape index (κ1) is 15.3. The number of hydrogen-bond acceptors (Lipinski definition) is 5. The van der Waals surface area contributed by atoms with Gasteiger partial charge >= 0.3 is 0 Å². The van der Waals surface area contributed by atoms with Crippen LogP contribution in [0.5, 0.6) is 5.75 Å². The highest BCUT2D eigenvalue weighted by molar-refractivity contribution is 7.07. The van der Waals surface area contributed by atoms with E-state index in [9.17, 15) is 4.39 Å². The Bertz CT molecular complexity index is 813. The van der Waals surface area contributed by atoms with Crippen molar-refractivity contribution in [1.29, 1.82) is 0 Å². The molecule has 124 valence electrons. The van der Waals surface area contributed by atoms with E-state index in [-0.39, 0.29) is 5.82 Å². The first-order valence-electron chi connectivity index (χ1n) is 7.73. The molecular weight excluding hydrogens is 329 g/mol. The normalized spacial score (nSPS) is 17.3. The molecule has 0 aliphatic carbocycles. The molecule has 0 spiro atoms. The summed E-state index contributed by atoms with van der Waals surface area (Å²) in [5.41, 5.74) is 3.23. The molecule has 1 fully saturated rings. The van der Waals surface area contributed by atoms with E-state index in [2.05, 4.69) is 10.1 Å². The molecule has 3 heterocycles. The number of ether oxygens (including phenoxy) is 2. The fourth-order valence-electron chi connectivity index (χ4n) is 2.68. The van der Waals surface area contributed by atoms with Gasteiger partial charge in [0.2, 0.25) is 0 Å². The zero-order valence-electron chi connectivity index (χ0n) is 12.9. The van der Waals surface area contributed by atoms with Crippen LogP contribution in [0.2, 0.25) is 0 Å². The van der Waals surface area contributed by atoms with Crippen LogP contribution in [0.3, 0.4) is 0 Å². The highest BCUT2D eigenvalue weighted by atomic mass is 32.1. The predicted octanol–water partition coefficient (Wildman–Crippen LogP) is 3.55. The molecule has 1 unspecified atom stereocenters. The molecule has 0 N–H and O–H groups in total. The lowest BCUT2D eigenvalue weighted by molar-refractivity contribution is 0.167. The van der Waals surface area contributed by atoms with E-state index in [1.54, 1.807) is 22.5 Å². The van der Waals surface area contributed by atoms with Gasteiger partial charge in [-0.2, -0.15) is 5.10 Å². The number of rotatable bonds is 5. The van der Waals surface area contributed by atoms with Crippen LogP contribution in [-0.2, 0) is 4.74 Å². The monoisotopic (exact) mass is 345 g/mol. The van der Waals surface area contributed by atoms with Gasteiger partial charge in [0, 0.05) is 35.2 Å². The Morgan fingerprint density at radius 1 is 1.42 bits per heavy atom. The minimum atomic E-state index is -0.303. The number of nitrogens with zero attached hydrogens (tertiary/aromatic N) is 3. The molecule has 1 atom stereocenters. The van der Waals surface area contributed by atoms with Crippen LogP contribution in [0.1, 0.15) is 6.42 Å². The topological polar surface area (TPSA) is 49.2 Å². The number of benzene rings is 1. The molecule has 1 saturated heterocycles. The van der Waals surface area contributed by atoms with Crippen molar-refractivity contribution in [2.24, 2.45) is 5.92 Å². The third-order valence-electron chi connectivity index (χ3n) is 3.99. The smallest absolute Gasteiger partial charge is 0.164 e. The average molecular weight is 345 g/mol. The second-order valence-electron chi connectivity index (χ2n) is 5.70. The second-order valence-corrected chi connectivity index (χ2v) is 6.42. The van der Waals surface area contributed by atoms with Crippen LogP contribution in [0.15, 0.2) is 41.5 Å². The fourth-order valence-corrected chi connectivity index (χ4v) is 3.20. The summed E-state index contributed by atoms with van der Waals surface area (Å²) in [6, 6.07) is 4.55. The van der Waals surface area contributed by atoms with Crippen molar-refractivity contribution in [2.75, 3.05) is 19.8 Å². The molecule has 4 rings (SSSR count). The molecule has 24 heavy (non-hydrogen) atoms. The Hall–Kier alpha value is -2.25. The summed E-state index contributed by atoms with van der Waals surface area (Å²) < 4.78 is 26.7. The van der Waals surface area contributed by atoms with Crippen molar-refractivity contribution in [3.63, 3.8) is 0 Å². The largest absolute Gasteiger partial charge is 0.493 e. The Labute approximate surface area is 142 Å². The molecule has 7 heteroatoms. The van der Waals surface area contributed by atoms with Gasteiger partial charge in [0.1, 0.15) is 11.6 Å². The van der Waals surface area contributed by atoms with Crippen LogP contribution in [0, 0.1) is 11.7 Å². The zero-order chi connectivity index (χ0) is 16.4. The van der Waals surface area contributed by atoms with Gasteiger partial charge in [0.25, 0.3) is 0 Å². The van der Waals surface area contributed by atoms with Gasteiger partial charge < -0.3 is 9.47 Å². The highest BCUT2D eigenvalue weighted by Crippen LogP contribution is 2.31. The molecule has 5 nitrogen and oxygen atoms in total. The van der Waals surface area contributed by atoms with Crippen LogP contribution in [0.4, 0.5) is 4.39 Å². The van der Waals surface area contributed by atoms with Gasteiger partial charge in [-0.05, 0) is 24.6 Å². The third-order valence-corrected chi connectivity index (χ3v) is 4.56. The summed E-state index contributed by atoms with van der Waals surface area (Å²) in [7, 11) is 0. The van der Waals surface area contributed by atoms with E-state index in [0.29, 0.717) is 23.8 Å². The highest BCUT2D eigenvalue weighted by Gasteiger charge is 2.18. The van der Waals surface area contributed by atoms with Crippen molar-refractivity contribution in [1.82, 2.24) is 14.8 Å². The molecule has 1 aliphatic heterocycles. The van der Waals surface area contributed by atoms with E-state index in [4.69, 9.17) is 9.47 Å². The SMILES string of the molecule is Fc1ccc(OCC2CCOC2)c(-c2cnn(-c3cscn3)c2)c1. The Balaban J connectivity index is 1.60. The Morgan fingerprint density at radius 3 is 3.17 bits per heavy atom. The lowest BCUT2D eigenvalue weighted by Crippen LogP contribution is -2.12. The molecule has 2 aromatic heterocycles. The number of hydrogen-bond donors (Lipinski definition) is 0.